The number of carbonyl (C=O) groups excluding carboxylic acids is 3. The number of hydrogen-bond acceptors (Lipinski definition) is 3. The summed E-state index contributed by atoms with van der Waals surface area (Å²) in [5.41, 5.74) is 1.54. The zero-order valence-electron chi connectivity index (χ0n) is 19.8. The number of benzene rings is 2. The van der Waals surface area contributed by atoms with Crippen molar-refractivity contribution in [2.45, 2.75) is 51.0 Å². The largest absolute Gasteiger partial charge is 0.342 e. The van der Waals surface area contributed by atoms with Crippen molar-refractivity contribution in [2.75, 3.05) is 26.2 Å². The summed E-state index contributed by atoms with van der Waals surface area (Å²) in [6.07, 6.45) is 6.39. The molecule has 0 aromatic heterocycles. The maximum absolute atomic E-state index is 13.5. The maximum atomic E-state index is 13.5. The minimum Gasteiger partial charge on any atom is -0.342 e. The molecule has 6 nitrogen and oxygen atoms in total. The Bertz CT molecular complexity index is 947. The van der Waals surface area contributed by atoms with Gasteiger partial charge in [0, 0.05) is 44.1 Å². The molecule has 2 aliphatic rings. The van der Waals surface area contributed by atoms with Gasteiger partial charge in [0.15, 0.2) is 0 Å². The van der Waals surface area contributed by atoms with Crippen LogP contribution in [0.25, 0.3) is 0 Å². The van der Waals surface area contributed by atoms with Gasteiger partial charge in [0.1, 0.15) is 6.04 Å². The molecular weight excluding hydrogens is 426 g/mol. The van der Waals surface area contributed by atoms with Gasteiger partial charge in [-0.3, -0.25) is 14.4 Å². The SMILES string of the molecule is O=C(N[C@@H](Cc1ccccc1)C(=O)N1CCC(C(=O)N2CCCCCC2)CC1)c1ccccc1. The Morgan fingerprint density at radius 2 is 1.35 bits per heavy atom. The zero-order valence-corrected chi connectivity index (χ0v) is 19.8. The molecule has 1 N–H and O–H groups in total. The number of carbonyl (C=O) groups is 3. The van der Waals surface area contributed by atoms with Crippen molar-refractivity contribution in [1.82, 2.24) is 15.1 Å². The number of likely N-dealkylation sites (tertiary alicyclic amines) is 2. The van der Waals surface area contributed by atoms with Crippen LogP contribution in [0.1, 0.15) is 54.4 Å². The molecule has 2 aromatic rings. The van der Waals surface area contributed by atoms with E-state index in [4.69, 9.17) is 0 Å². The van der Waals surface area contributed by atoms with Crippen LogP contribution in [0.4, 0.5) is 0 Å². The Morgan fingerprint density at radius 3 is 1.97 bits per heavy atom. The van der Waals surface area contributed by atoms with Crippen LogP contribution in [0.15, 0.2) is 60.7 Å². The molecule has 0 radical (unpaired) electrons. The third-order valence-corrected chi connectivity index (χ3v) is 7.00. The highest BCUT2D eigenvalue weighted by molar-refractivity contribution is 5.97. The average Bonchev–Trinajstić information content (AvgIpc) is 3.18. The van der Waals surface area contributed by atoms with E-state index in [2.05, 4.69) is 5.32 Å². The van der Waals surface area contributed by atoms with Crippen LogP contribution in [0, 0.1) is 5.92 Å². The molecule has 1 atom stereocenters. The van der Waals surface area contributed by atoms with E-state index in [9.17, 15) is 14.4 Å². The van der Waals surface area contributed by atoms with Crippen molar-refractivity contribution < 1.29 is 14.4 Å². The fraction of sp³-hybridized carbons (Fsp3) is 0.464. The summed E-state index contributed by atoms with van der Waals surface area (Å²) in [5, 5.41) is 2.97. The van der Waals surface area contributed by atoms with Gasteiger partial charge in [0.2, 0.25) is 11.8 Å². The van der Waals surface area contributed by atoms with E-state index < -0.39 is 6.04 Å². The molecule has 4 rings (SSSR count). The van der Waals surface area contributed by atoms with Gasteiger partial charge in [-0.25, -0.2) is 0 Å². The molecule has 0 aliphatic carbocycles. The Hall–Kier alpha value is -3.15. The first kappa shape index (κ1) is 24.0. The Morgan fingerprint density at radius 1 is 0.765 bits per heavy atom. The molecule has 0 spiro atoms. The van der Waals surface area contributed by atoms with Crippen LogP contribution in [-0.4, -0.2) is 59.7 Å². The lowest BCUT2D eigenvalue weighted by atomic mass is 9.94. The molecule has 2 aliphatic heterocycles. The molecule has 34 heavy (non-hydrogen) atoms. The molecule has 2 aromatic carbocycles. The molecule has 0 unspecified atom stereocenters. The van der Waals surface area contributed by atoms with Crippen molar-refractivity contribution in [3.8, 4) is 0 Å². The van der Waals surface area contributed by atoms with Crippen molar-refractivity contribution in [3.05, 3.63) is 71.8 Å². The molecule has 3 amide bonds. The van der Waals surface area contributed by atoms with Crippen LogP contribution in [0.3, 0.4) is 0 Å². The first-order valence-corrected chi connectivity index (χ1v) is 12.6. The second-order valence-electron chi connectivity index (χ2n) is 9.42. The molecular formula is C28H35N3O3. The van der Waals surface area contributed by atoms with Gasteiger partial charge in [0.05, 0.1) is 0 Å². The number of hydrogen-bond donors (Lipinski definition) is 1. The standard InChI is InChI=1S/C28H35N3O3/c32-26(23-13-7-4-8-14-23)29-25(21-22-11-5-3-6-12-22)28(34)31-19-15-24(16-20-31)27(33)30-17-9-1-2-10-18-30/h3-8,11-14,24-25H,1-2,9-10,15-21H2,(H,29,32)/t25-/m0/s1. The van der Waals surface area contributed by atoms with Gasteiger partial charge >= 0.3 is 0 Å². The maximum Gasteiger partial charge on any atom is 0.251 e. The molecule has 2 saturated heterocycles. The molecule has 0 bridgehead atoms. The Labute approximate surface area is 202 Å². The van der Waals surface area contributed by atoms with E-state index in [-0.39, 0.29) is 23.6 Å². The van der Waals surface area contributed by atoms with Gasteiger partial charge in [-0.1, -0.05) is 61.4 Å². The summed E-state index contributed by atoms with van der Waals surface area (Å²) in [6, 6.07) is 18.1. The summed E-state index contributed by atoms with van der Waals surface area (Å²) in [6.45, 7) is 2.83. The first-order chi connectivity index (χ1) is 16.6. The summed E-state index contributed by atoms with van der Waals surface area (Å²) in [5.74, 6) is -0.0734. The van der Waals surface area contributed by atoms with Crippen LogP contribution >= 0.6 is 0 Å². The van der Waals surface area contributed by atoms with E-state index in [1.807, 2.05) is 58.3 Å². The highest BCUT2D eigenvalue weighted by Gasteiger charge is 2.33. The van der Waals surface area contributed by atoms with Gasteiger partial charge in [0.25, 0.3) is 5.91 Å². The lowest BCUT2D eigenvalue weighted by Crippen LogP contribution is -2.52. The van der Waals surface area contributed by atoms with E-state index in [0.717, 1.165) is 31.5 Å². The number of piperidine rings is 1. The van der Waals surface area contributed by atoms with Gasteiger partial charge < -0.3 is 15.1 Å². The van der Waals surface area contributed by atoms with Gasteiger partial charge in [-0.05, 0) is 43.4 Å². The lowest BCUT2D eigenvalue weighted by Gasteiger charge is -2.35. The Kier molecular flexibility index (Phi) is 8.34. The normalized spacial score (nSPS) is 18.1. The lowest BCUT2D eigenvalue weighted by molar-refractivity contribution is -0.141. The third-order valence-electron chi connectivity index (χ3n) is 7.00. The van der Waals surface area contributed by atoms with Gasteiger partial charge in [-0.2, -0.15) is 0 Å². The van der Waals surface area contributed by atoms with Gasteiger partial charge in [-0.15, -0.1) is 0 Å². The predicted octanol–water partition coefficient (Wildman–Crippen LogP) is 3.67. The predicted molar refractivity (Wildman–Crippen MR) is 132 cm³/mol. The van der Waals surface area contributed by atoms with Crippen molar-refractivity contribution in [1.29, 1.82) is 0 Å². The van der Waals surface area contributed by atoms with Crippen LogP contribution in [0.5, 0.6) is 0 Å². The fourth-order valence-electron chi connectivity index (χ4n) is 5.00. The third kappa shape index (κ3) is 6.25. The van der Waals surface area contributed by atoms with Crippen molar-refractivity contribution >= 4 is 17.7 Å². The summed E-state index contributed by atoms with van der Waals surface area (Å²) >= 11 is 0. The van der Waals surface area contributed by atoms with Crippen LogP contribution < -0.4 is 5.32 Å². The fourth-order valence-corrected chi connectivity index (χ4v) is 5.00. The second-order valence-corrected chi connectivity index (χ2v) is 9.42. The monoisotopic (exact) mass is 461 g/mol. The van der Waals surface area contributed by atoms with Crippen molar-refractivity contribution in [2.24, 2.45) is 5.92 Å². The molecule has 6 heteroatoms. The van der Waals surface area contributed by atoms with E-state index in [1.54, 1.807) is 12.1 Å². The summed E-state index contributed by atoms with van der Waals surface area (Å²) < 4.78 is 0. The Balaban J connectivity index is 1.39. The van der Waals surface area contributed by atoms with Crippen LogP contribution in [-0.2, 0) is 16.0 Å². The molecule has 2 heterocycles. The number of amides is 3. The first-order valence-electron chi connectivity index (χ1n) is 12.6. The van der Waals surface area contributed by atoms with Crippen molar-refractivity contribution in [3.63, 3.8) is 0 Å². The van der Waals surface area contributed by atoms with Crippen LogP contribution in [0.2, 0.25) is 0 Å². The second kappa shape index (κ2) is 11.8. The molecule has 0 saturated carbocycles. The smallest absolute Gasteiger partial charge is 0.251 e. The zero-order chi connectivity index (χ0) is 23.8. The minimum atomic E-state index is -0.645. The quantitative estimate of drug-likeness (QED) is 0.714. The molecule has 2 fully saturated rings. The summed E-state index contributed by atoms with van der Waals surface area (Å²) in [7, 11) is 0. The number of rotatable bonds is 6. The highest BCUT2D eigenvalue weighted by Crippen LogP contribution is 2.23. The highest BCUT2D eigenvalue weighted by atomic mass is 16.2. The number of nitrogens with one attached hydrogen (secondary N) is 1. The van der Waals surface area contributed by atoms with E-state index in [0.29, 0.717) is 37.9 Å². The van der Waals surface area contributed by atoms with E-state index >= 15 is 0 Å². The topological polar surface area (TPSA) is 69.7 Å². The average molecular weight is 462 g/mol. The minimum absolute atomic E-state index is 0.00590. The van der Waals surface area contributed by atoms with E-state index in [1.165, 1.54) is 12.8 Å². The molecule has 180 valence electrons. The number of nitrogens with zero attached hydrogens (tertiary/aromatic N) is 2. The summed E-state index contributed by atoms with van der Waals surface area (Å²) in [4.78, 5) is 43.2.